The summed E-state index contributed by atoms with van der Waals surface area (Å²) in [6.07, 6.45) is 1.56. The molecule has 0 spiro atoms. The highest BCUT2D eigenvalue weighted by Crippen LogP contribution is 2.21. The normalized spacial score (nSPS) is 16.2. The lowest BCUT2D eigenvalue weighted by atomic mass is 10.1. The Morgan fingerprint density at radius 1 is 1.28 bits per heavy atom. The number of carbonyl (C=O) groups excluding carboxylic acids is 1. The van der Waals surface area contributed by atoms with Gasteiger partial charge in [-0.05, 0) is 30.5 Å². The van der Waals surface area contributed by atoms with Crippen LogP contribution in [0.25, 0.3) is 0 Å². The van der Waals surface area contributed by atoms with Crippen LogP contribution in [-0.2, 0) is 4.79 Å². The van der Waals surface area contributed by atoms with Crippen LogP contribution in [-0.4, -0.2) is 29.0 Å². The molecule has 1 N–H and O–H groups in total. The van der Waals surface area contributed by atoms with Crippen molar-refractivity contribution >= 4 is 29.9 Å². The lowest BCUT2D eigenvalue weighted by Gasteiger charge is -2.18. The Bertz CT molecular complexity index is 388. The molecule has 18 heavy (non-hydrogen) atoms. The second-order valence-corrected chi connectivity index (χ2v) is 4.80. The zero-order chi connectivity index (χ0) is 12.3. The number of carbonyl (C=O) groups is 1. The standard InChI is InChI=1S/C13H16ClNO2.ClH/c14-11-5-3-10(4-6-11)12(16)9-13(17)15-7-1-2-8-15;/h3-6,12,16H,1-2,7-9H2;1H. The van der Waals surface area contributed by atoms with Crippen molar-refractivity contribution in [2.45, 2.75) is 25.4 Å². The highest BCUT2D eigenvalue weighted by Gasteiger charge is 2.21. The van der Waals surface area contributed by atoms with Crippen LogP contribution in [0.1, 0.15) is 30.9 Å². The second kappa shape index (κ2) is 6.98. The van der Waals surface area contributed by atoms with E-state index >= 15 is 0 Å². The van der Waals surface area contributed by atoms with Crippen LogP contribution in [0.5, 0.6) is 0 Å². The minimum atomic E-state index is -0.736. The fraction of sp³-hybridized carbons (Fsp3) is 0.462. The summed E-state index contributed by atoms with van der Waals surface area (Å²) in [5, 5.41) is 10.6. The average Bonchev–Trinajstić information content (AvgIpc) is 2.83. The molecule has 1 unspecified atom stereocenters. The van der Waals surface area contributed by atoms with Crippen molar-refractivity contribution in [2.75, 3.05) is 13.1 Å². The van der Waals surface area contributed by atoms with E-state index in [1.807, 2.05) is 4.90 Å². The number of benzene rings is 1. The predicted octanol–water partition coefficient (Wildman–Crippen LogP) is 2.81. The largest absolute Gasteiger partial charge is 0.388 e. The van der Waals surface area contributed by atoms with Gasteiger partial charge >= 0.3 is 0 Å². The Morgan fingerprint density at radius 2 is 1.83 bits per heavy atom. The van der Waals surface area contributed by atoms with Crippen LogP contribution in [0.2, 0.25) is 5.02 Å². The van der Waals surface area contributed by atoms with Crippen LogP contribution < -0.4 is 0 Å². The lowest BCUT2D eigenvalue weighted by molar-refractivity contribution is -0.132. The maximum atomic E-state index is 11.8. The predicted molar refractivity (Wildman–Crippen MR) is 74.1 cm³/mol. The molecule has 1 aromatic rings. The van der Waals surface area contributed by atoms with Crippen molar-refractivity contribution < 1.29 is 9.90 Å². The first-order valence-corrected chi connectivity index (χ1v) is 6.26. The molecule has 1 heterocycles. The topological polar surface area (TPSA) is 40.5 Å². The zero-order valence-corrected chi connectivity index (χ0v) is 11.6. The molecule has 0 aliphatic carbocycles. The number of aliphatic hydroxyl groups excluding tert-OH is 1. The van der Waals surface area contributed by atoms with E-state index in [0.29, 0.717) is 5.02 Å². The summed E-state index contributed by atoms with van der Waals surface area (Å²) in [6.45, 7) is 1.65. The summed E-state index contributed by atoms with van der Waals surface area (Å²) < 4.78 is 0. The highest BCUT2D eigenvalue weighted by atomic mass is 35.5. The Morgan fingerprint density at radius 3 is 2.39 bits per heavy atom. The molecule has 2 rings (SSSR count). The fourth-order valence-corrected chi connectivity index (χ4v) is 2.19. The minimum absolute atomic E-state index is 0. The Hall–Kier alpha value is -0.770. The van der Waals surface area contributed by atoms with Crippen LogP contribution >= 0.6 is 24.0 Å². The van der Waals surface area contributed by atoms with Gasteiger partial charge in [0, 0.05) is 18.1 Å². The molecule has 0 bridgehead atoms. The molecule has 1 atom stereocenters. The Labute approximate surface area is 118 Å². The maximum Gasteiger partial charge on any atom is 0.225 e. The molecular formula is C13H17Cl2NO2. The summed E-state index contributed by atoms with van der Waals surface area (Å²) in [5.74, 6) is 0.0324. The van der Waals surface area contributed by atoms with Gasteiger partial charge in [-0.1, -0.05) is 23.7 Å². The first kappa shape index (κ1) is 15.3. The monoisotopic (exact) mass is 289 g/mol. The molecule has 0 saturated carbocycles. The first-order valence-electron chi connectivity index (χ1n) is 5.88. The number of nitrogens with zero attached hydrogens (tertiary/aromatic N) is 1. The van der Waals surface area contributed by atoms with Crippen molar-refractivity contribution in [3.05, 3.63) is 34.9 Å². The van der Waals surface area contributed by atoms with Gasteiger partial charge in [-0.2, -0.15) is 0 Å². The number of hydrogen-bond donors (Lipinski definition) is 1. The number of likely N-dealkylation sites (tertiary alicyclic amines) is 1. The van der Waals surface area contributed by atoms with Crippen LogP contribution in [0.3, 0.4) is 0 Å². The van der Waals surface area contributed by atoms with Gasteiger partial charge in [-0.25, -0.2) is 0 Å². The maximum absolute atomic E-state index is 11.8. The summed E-state index contributed by atoms with van der Waals surface area (Å²) >= 11 is 5.77. The minimum Gasteiger partial charge on any atom is -0.388 e. The van der Waals surface area contributed by atoms with Gasteiger partial charge in [-0.3, -0.25) is 4.79 Å². The molecule has 1 fully saturated rings. The van der Waals surface area contributed by atoms with Crippen molar-refractivity contribution in [3.63, 3.8) is 0 Å². The third-order valence-electron chi connectivity index (χ3n) is 3.08. The summed E-state index contributed by atoms with van der Waals surface area (Å²) in [6, 6.07) is 6.95. The third-order valence-corrected chi connectivity index (χ3v) is 3.33. The van der Waals surface area contributed by atoms with Gasteiger partial charge in [0.2, 0.25) is 5.91 Å². The average molecular weight is 290 g/mol. The van der Waals surface area contributed by atoms with Crippen LogP contribution in [0, 0.1) is 0 Å². The Balaban J connectivity index is 0.00000162. The van der Waals surface area contributed by atoms with E-state index in [4.69, 9.17) is 11.6 Å². The van der Waals surface area contributed by atoms with Crippen LogP contribution in [0.15, 0.2) is 24.3 Å². The van der Waals surface area contributed by atoms with Crippen molar-refractivity contribution in [1.29, 1.82) is 0 Å². The summed E-state index contributed by atoms with van der Waals surface area (Å²) in [7, 11) is 0. The lowest BCUT2D eigenvalue weighted by Crippen LogP contribution is -2.28. The van der Waals surface area contributed by atoms with Gasteiger partial charge in [0.15, 0.2) is 0 Å². The molecule has 100 valence electrons. The van der Waals surface area contributed by atoms with E-state index in [1.165, 1.54) is 0 Å². The quantitative estimate of drug-likeness (QED) is 0.930. The summed E-state index contributed by atoms with van der Waals surface area (Å²) in [4.78, 5) is 13.7. The van der Waals surface area contributed by atoms with Gasteiger partial charge in [-0.15, -0.1) is 12.4 Å². The van der Waals surface area contributed by atoms with E-state index in [2.05, 4.69) is 0 Å². The van der Waals surface area contributed by atoms with Crippen molar-refractivity contribution in [3.8, 4) is 0 Å². The Kier molecular flexibility index (Phi) is 5.93. The van der Waals surface area contributed by atoms with Crippen molar-refractivity contribution in [2.24, 2.45) is 0 Å². The SMILES string of the molecule is Cl.O=C(CC(O)c1ccc(Cl)cc1)N1CCCC1. The van der Waals surface area contributed by atoms with Crippen molar-refractivity contribution in [1.82, 2.24) is 4.90 Å². The van der Waals surface area contributed by atoms with E-state index < -0.39 is 6.10 Å². The van der Waals surface area contributed by atoms with E-state index in [-0.39, 0.29) is 24.7 Å². The molecule has 0 aromatic heterocycles. The van der Waals surface area contributed by atoms with Gasteiger partial charge in [0.05, 0.1) is 12.5 Å². The molecule has 1 aliphatic rings. The molecular weight excluding hydrogens is 273 g/mol. The zero-order valence-electron chi connectivity index (χ0n) is 10.0. The molecule has 0 radical (unpaired) electrons. The molecule has 1 aliphatic heterocycles. The van der Waals surface area contributed by atoms with E-state index in [9.17, 15) is 9.90 Å². The van der Waals surface area contributed by atoms with Gasteiger partial charge in [0.25, 0.3) is 0 Å². The molecule has 5 heteroatoms. The number of rotatable bonds is 3. The van der Waals surface area contributed by atoms with Gasteiger partial charge in [0.1, 0.15) is 0 Å². The second-order valence-electron chi connectivity index (χ2n) is 4.36. The van der Waals surface area contributed by atoms with Crippen LogP contribution in [0.4, 0.5) is 0 Å². The first-order chi connectivity index (χ1) is 8.16. The molecule has 1 amide bonds. The molecule has 1 saturated heterocycles. The smallest absolute Gasteiger partial charge is 0.225 e. The number of aliphatic hydroxyl groups is 1. The fourth-order valence-electron chi connectivity index (χ4n) is 2.06. The van der Waals surface area contributed by atoms with E-state index in [0.717, 1.165) is 31.5 Å². The number of amides is 1. The highest BCUT2D eigenvalue weighted by molar-refractivity contribution is 6.30. The summed E-state index contributed by atoms with van der Waals surface area (Å²) in [5.41, 5.74) is 0.738. The van der Waals surface area contributed by atoms with Gasteiger partial charge < -0.3 is 10.0 Å². The molecule has 1 aromatic carbocycles. The van der Waals surface area contributed by atoms with E-state index in [1.54, 1.807) is 24.3 Å². The molecule has 3 nitrogen and oxygen atoms in total. The number of hydrogen-bond acceptors (Lipinski definition) is 2. The third kappa shape index (κ3) is 3.87. The number of halogens is 2.